The van der Waals surface area contributed by atoms with Crippen molar-refractivity contribution in [3.05, 3.63) is 78.1 Å². The highest BCUT2D eigenvalue weighted by molar-refractivity contribution is 6.16. The highest BCUT2D eigenvalue weighted by atomic mass is 16.5. The van der Waals surface area contributed by atoms with Crippen molar-refractivity contribution in [2.24, 2.45) is 13.0 Å². The number of carbonyl (C=O) groups is 3. The molecule has 6 rings (SSSR count). The van der Waals surface area contributed by atoms with Crippen molar-refractivity contribution < 1.29 is 23.9 Å². The van der Waals surface area contributed by atoms with Crippen LogP contribution in [-0.4, -0.2) is 77.6 Å². The monoisotopic (exact) mass is 609 g/mol. The van der Waals surface area contributed by atoms with E-state index in [4.69, 9.17) is 9.47 Å². The Morgan fingerprint density at radius 3 is 2.69 bits per heavy atom. The van der Waals surface area contributed by atoms with Gasteiger partial charge in [0.05, 0.1) is 24.1 Å². The van der Waals surface area contributed by atoms with Gasteiger partial charge in [-0.2, -0.15) is 0 Å². The zero-order valence-electron chi connectivity index (χ0n) is 25.4. The Kier molecular flexibility index (Phi) is 8.47. The van der Waals surface area contributed by atoms with Crippen molar-refractivity contribution >= 4 is 51.9 Å². The van der Waals surface area contributed by atoms with Gasteiger partial charge in [0.1, 0.15) is 11.4 Å². The number of likely N-dealkylation sites (N-methyl/N-ethyl adjacent to an activating group) is 1. The average Bonchev–Trinajstić information content (AvgIpc) is 3.54. The molecule has 0 spiro atoms. The highest BCUT2D eigenvalue weighted by Crippen LogP contribution is 2.37. The number of carbonyl (C=O) groups excluding carboxylic acids is 3. The van der Waals surface area contributed by atoms with E-state index in [-0.39, 0.29) is 23.4 Å². The zero-order chi connectivity index (χ0) is 31.5. The summed E-state index contributed by atoms with van der Waals surface area (Å²) in [5, 5.41) is 6.37. The van der Waals surface area contributed by atoms with Gasteiger partial charge in [-0.1, -0.05) is 0 Å². The van der Waals surface area contributed by atoms with Crippen LogP contribution in [0.4, 0.5) is 21.9 Å². The molecule has 2 aliphatic heterocycles. The Morgan fingerprint density at radius 1 is 1.13 bits per heavy atom. The molecule has 1 fully saturated rings. The number of aromatic nitrogens is 3. The number of allylic oxidation sites excluding steroid dienone is 1. The summed E-state index contributed by atoms with van der Waals surface area (Å²) >= 11 is 0. The van der Waals surface area contributed by atoms with Gasteiger partial charge in [-0.05, 0) is 55.3 Å². The molecule has 0 saturated carbocycles. The van der Waals surface area contributed by atoms with Crippen LogP contribution >= 0.6 is 0 Å². The Bertz CT molecular complexity index is 1780. The second-order valence-electron chi connectivity index (χ2n) is 11.2. The molecule has 2 N–H and O–H groups in total. The molecular weight excluding hydrogens is 574 g/mol. The van der Waals surface area contributed by atoms with E-state index in [2.05, 4.69) is 25.5 Å². The van der Waals surface area contributed by atoms with Crippen molar-refractivity contribution in [2.75, 3.05) is 55.9 Å². The maximum absolute atomic E-state index is 13.5. The maximum atomic E-state index is 13.5. The van der Waals surface area contributed by atoms with Crippen LogP contribution in [0.1, 0.15) is 28.8 Å². The number of Topliss-reactive ketones (excluding diaryl/α,β-unsaturated/α-hetero) is 1. The number of piperidine rings is 1. The van der Waals surface area contributed by atoms with Crippen molar-refractivity contribution in [3.8, 4) is 5.75 Å². The lowest BCUT2D eigenvalue weighted by Gasteiger charge is -2.35. The summed E-state index contributed by atoms with van der Waals surface area (Å²) in [5.41, 5.74) is 3.95. The van der Waals surface area contributed by atoms with Crippen molar-refractivity contribution in [2.45, 2.75) is 12.8 Å². The van der Waals surface area contributed by atoms with Gasteiger partial charge >= 0.3 is 6.03 Å². The van der Waals surface area contributed by atoms with Crippen molar-refractivity contribution in [3.63, 3.8) is 0 Å². The van der Waals surface area contributed by atoms with E-state index in [1.54, 1.807) is 67.0 Å². The predicted molar refractivity (Wildman–Crippen MR) is 171 cm³/mol. The summed E-state index contributed by atoms with van der Waals surface area (Å²) in [6, 6.07) is 9.94. The van der Waals surface area contributed by atoms with Crippen LogP contribution in [0.3, 0.4) is 0 Å². The van der Waals surface area contributed by atoms with E-state index in [1.165, 1.54) is 0 Å². The first-order valence-electron chi connectivity index (χ1n) is 14.8. The molecule has 3 amide bonds. The fraction of sp³-hybridized carbons (Fsp3) is 0.303. The van der Waals surface area contributed by atoms with Crippen LogP contribution in [0, 0.1) is 5.92 Å². The third-order valence-corrected chi connectivity index (χ3v) is 8.19. The molecule has 5 heterocycles. The topological polar surface area (TPSA) is 131 Å². The fourth-order valence-electron chi connectivity index (χ4n) is 5.85. The number of hydrogen-bond acceptors (Lipinski definition) is 8. The van der Waals surface area contributed by atoms with E-state index in [0.717, 1.165) is 48.2 Å². The molecule has 45 heavy (non-hydrogen) atoms. The van der Waals surface area contributed by atoms with Gasteiger partial charge in [-0.25, -0.2) is 9.78 Å². The molecular formula is C33H35N7O5. The summed E-state index contributed by atoms with van der Waals surface area (Å²) in [4.78, 5) is 51.5. The molecule has 12 heteroatoms. The number of amides is 3. The van der Waals surface area contributed by atoms with Crippen LogP contribution in [0.15, 0.2) is 66.9 Å². The van der Waals surface area contributed by atoms with Gasteiger partial charge < -0.3 is 34.5 Å². The number of pyridine rings is 2. The Morgan fingerprint density at radius 2 is 1.93 bits per heavy atom. The Labute approximate surface area is 260 Å². The molecule has 1 aromatic carbocycles. The number of anilines is 3. The normalized spacial score (nSPS) is 15.7. The van der Waals surface area contributed by atoms with E-state index in [9.17, 15) is 14.4 Å². The van der Waals surface area contributed by atoms with Crippen LogP contribution in [0.25, 0.3) is 17.1 Å². The summed E-state index contributed by atoms with van der Waals surface area (Å²) in [6.07, 6.45) is 10.1. The number of ether oxygens (including phenoxy) is 2. The minimum Gasteiger partial charge on any atom is -0.452 e. The van der Waals surface area contributed by atoms with Crippen LogP contribution < -0.4 is 20.3 Å². The van der Waals surface area contributed by atoms with E-state index < -0.39 is 6.03 Å². The van der Waals surface area contributed by atoms with Crippen molar-refractivity contribution in [1.29, 1.82) is 0 Å². The molecule has 3 aromatic heterocycles. The number of rotatable bonds is 8. The Balaban J connectivity index is 1.20. The molecule has 0 aliphatic carbocycles. The molecule has 0 radical (unpaired) electrons. The minimum atomic E-state index is -0.452. The summed E-state index contributed by atoms with van der Waals surface area (Å²) in [6.45, 7) is 2.54. The fourth-order valence-corrected chi connectivity index (χ4v) is 5.85. The first-order chi connectivity index (χ1) is 21.8. The van der Waals surface area contributed by atoms with Gasteiger partial charge in [-0.3, -0.25) is 14.6 Å². The third-order valence-electron chi connectivity index (χ3n) is 8.19. The summed E-state index contributed by atoms with van der Waals surface area (Å²) in [7, 11) is 5.38. The van der Waals surface area contributed by atoms with E-state index >= 15 is 0 Å². The first kappa shape index (κ1) is 29.8. The predicted octanol–water partition coefficient (Wildman–Crippen LogP) is 4.55. The lowest BCUT2D eigenvalue weighted by molar-refractivity contribution is -0.135. The van der Waals surface area contributed by atoms with E-state index in [1.807, 2.05) is 30.9 Å². The summed E-state index contributed by atoms with van der Waals surface area (Å²) in [5.74, 6) is 0.459. The highest BCUT2D eigenvalue weighted by Gasteiger charge is 2.30. The molecule has 4 aromatic rings. The molecule has 0 atom stereocenters. The van der Waals surface area contributed by atoms with Gasteiger partial charge in [-0.15, -0.1) is 0 Å². The van der Waals surface area contributed by atoms with Gasteiger partial charge in [0.2, 0.25) is 11.7 Å². The van der Waals surface area contributed by atoms with Crippen molar-refractivity contribution in [1.82, 2.24) is 19.4 Å². The van der Waals surface area contributed by atoms with Crippen LogP contribution in [0.2, 0.25) is 0 Å². The molecule has 1 saturated heterocycles. The molecule has 12 nitrogen and oxygen atoms in total. The second kappa shape index (κ2) is 12.8. The van der Waals surface area contributed by atoms with Gasteiger partial charge in [0, 0.05) is 87.7 Å². The van der Waals surface area contributed by atoms with E-state index in [0.29, 0.717) is 35.8 Å². The Hall–Kier alpha value is -5.23. The van der Waals surface area contributed by atoms with Crippen LogP contribution in [0.5, 0.6) is 5.75 Å². The number of ketones is 1. The van der Waals surface area contributed by atoms with Gasteiger partial charge in [0.15, 0.2) is 5.76 Å². The number of nitrogens with zero attached hydrogens (tertiary/aromatic N) is 5. The smallest absolute Gasteiger partial charge is 0.323 e. The number of aryl methyl sites for hydroxylation is 1. The van der Waals surface area contributed by atoms with Crippen LogP contribution in [-0.2, 0) is 16.6 Å². The lowest BCUT2D eigenvalue weighted by Crippen LogP contribution is -2.42. The number of nitrogens with one attached hydrogen (secondary N) is 2. The number of hydrogen-bond donors (Lipinski definition) is 2. The number of methoxy groups -OCH3 is 1. The lowest BCUT2D eigenvalue weighted by atomic mass is 9.94. The number of fused-ring (bicyclic) bond motifs is 2. The van der Waals surface area contributed by atoms with Gasteiger partial charge in [0.25, 0.3) is 0 Å². The zero-order valence-corrected chi connectivity index (χ0v) is 25.4. The molecule has 0 bridgehead atoms. The summed E-state index contributed by atoms with van der Waals surface area (Å²) < 4.78 is 13.1. The number of benzene rings is 1. The SMILES string of the molecule is COCCN(C)C(=O)C1CCN(c2ccnc3c2c(/C=C2\Oc4ccc(NC(=O)Nc5cccnc5)cc4C2=O)cn3C)CC1. The quantitative estimate of drug-likeness (QED) is 0.278. The second-order valence-corrected chi connectivity index (χ2v) is 11.2. The average molecular weight is 610 g/mol. The molecule has 0 unspecified atom stereocenters. The number of urea groups is 1. The molecule has 2 aliphatic rings. The first-order valence-corrected chi connectivity index (χ1v) is 14.8. The minimum absolute atomic E-state index is 0.0263. The third kappa shape index (κ3) is 6.22. The maximum Gasteiger partial charge on any atom is 0.323 e. The standard InChI is InChI=1S/C33H35N7O5/c1-38(15-16-44-3)32(42)21-9-13-40(14-10-21)26-8-12-35-31-29(26)22(20-39(31)2)17-28-30(41)25-18-23(6-7-27(25)45-28)36-33(43)37-24-5-4-11-34-19-24/h4-8,11-12,17-21H,9-10,13-16H2,1-3H3,(H2,36,37,43)/b28-17-. The largest absolute Gasteiger partial charge is 0.452 e. The molecule has 232 valence electrons.